The van der Waals surface area contributed by atoms with Crippen molar-refractivity contribution in [3.63, 3.8) is 0 Å². The Balaban J connectivity index is 1.66. The molecule has 0 radical (unpaired) electrons. The van der Waals surface area contributed by atoms with Crippen LogP contribution in [-0.2, 0) is 12.8 Å². The van der Waals surface area contributed by atoms with Gasteiger partial charge in [-0.15, -0.1) is 11.3 Å². The number of hydrogen-bond acceptors (Lipinski definition) is 5. The van der Waals surface area contributed by atoms with Crippen LogP contribution in [0.2, 0.25) is 0 Å². The molecule has 0 saturated heterocycles. The topological polar surface area (TPSA) is 74.2 Å². The molecule has 1 aromatic carbocycles. The average Bonchev–Trinajstić information content (AvgIpc) is 3.07. The lowest BCUT2D eigenvalue weighted by molar-refractivity contribution is 0.0977. The van der Waals surface area contributed by atoms with Crippen LogP contribution in [0.25, 0.3) is 0 Å². The van der Waals surface area contributed by atoms with E-state index in [1.54, 1.807) is 35.6 Å². The highest BCUT2D eigenvalue weighted by molar-refractivity contribution is 7.80. The molecule has 1 aliphatic rings. The van der Waals surface area contributed by atoms with Gasteiger partial charge < -0.3 is 10.1 Å². The lowest BCUT2D eigenvalue weighted by Gasteiger charge is -2.33. The number of carbonyl (C=O) groups is 1. The summed E-state index contributed by atoms with van der Waals surface area (Å²) in [4.78, 5) is 13.8. The van der Waals surface area contributed by atoms with Gasteiger partial charge in [0, 0.05) is 10.4 Å². The minimum Gasteiger partial charge on any atom is -0.494 e. The second-order valence-corrected chi connectivity index (χ2v) is 10.4. The molecule has 1 atom stereocenters. The van der Waals surface area contributed by atoms with Gasteiger partial charge in [-0.3, -0.25) is 10.1 Å². The maximum atomic E-state index is 12.5. The van der Waals surface area contributed by atoms with Crippen LogP contribution in [0.5, 0.6) is 5.75 Å². The van der Waals surface area contributed by atoms with Gasteiger partial charge in [-0.2, -0.15) is 5.26 Å². The third-order valence-corrected chi connectivity index (χ3v) is 7.02. The van der Waals surface area contributed by atoms with Crippen molar-refractivity contribution in [2.75, 3.05) is 11.9 Å². The Hall–Kier alpha value is -2.43. The number of nitrogens with zero attached hydrogens (tertiary/aromatic N) is 1. The first-order valence-electron chi connectivity index (χ1n) is 10.6. The van der Waals surface area contributed by atoms with Crippen molar-refractivity contribution in [3.05, 3.63) is 45.8 Å². The minimum absolute atomic E-state index is 0.193. The monoisotopic (exact) mass is 455 g/mol. The molecule has 1 heterocycles. The maximum absolute atomic E-state index is 12.5. The number of rotatable bonds is 5. The molecule has 2 aromatic rings. The first kappa shape index (κ1) is 23.2. The highest BCUT2D eigenvalue weighted by Crippen LogP contribution is 2.43. The molecule has 0 aliphatic heterocycles. The highest BCUT2D eigenvalue weighted by Gasteiger charge is 2.32. The standard InChI is InChI=1S/C24H29N3O2S2/c1-5-12-29-17-9-6-15(7-10-17)21(28)26-23(30)27-22-19(14-25)18-11-8-16(24(2,3)4)13-20(18)31-22/h6-7,9-10,16H,5,8,11-13H2,1-4H3,(H2,26,27,28,30)/t16-/m0/s1. The molecule has 0 bridgehead atoms. The number of benzene rings is 1. The Kier molecular flexibility index (Phi) is 7.34. The Labute approximate surface area is 193 Å². The summed E-state index contributed by atoms with van der Waals surface area (Å²) >= 11 is 6.93. The molecule has 0 fully saturated rings. The number of thiocarbonyl (C=S) groups is 1. The van der Waals surface area contributed by atoms with Crippen LogP contribution in [-0.4, -0.2) is 17.6 Å². The quantitative estimate of drug-likeness (QED) is 0.567. The van der Waals surface area contributed by atoms with Crippen molar-refractivity contribution in [2.24, 2.45) is 11.3 Å². The molecule has 31 heavy (non-hydrogen) atoms. The van der Waals surface area contributed by atoms with Crippen LogP contribution in [0.4, 0.5) is 5.00 Å². The molecule has 1 aliphatic carbocycles. The molecule has 1 aromatic heterocycles. The number of fused-ring (bicyclic) bond motifs is 1. The van der Waals surface area contributed by atoms with Crippen LogP contribution in [0, 0.1) is 22.7 Å². The van der Waals surface area contributed by atoms with E-state index in [-0.39, 0.29) is 16.4 Å². The summed E-state index contributed by atoms with van der Waals surface area (Å²) in [6, 6.07) is 9.29. The first-order chi connectivity index (χ1) is 14.7. The number of nitrogens with one attached hydrogen (secondary N) is 2. The van der Waals surface area contributed by atoms with E-state index in [1.165, 1.54) is 4.88 Å². The van der Waals surface area contributed by atoms with E-state index in [1.807, 2.05) is 6.92 Å². The summed E-state index contributed by atoms with van der Waals surface area (Å²) in [7, 11) is 0. The molecular formula is C24H29N3O2S2. The smallest absolute Gasteiger partial charge is 0.257 e. The van der Waals surface area contributed by atoms with Crippen LogP contribution in [0.3, 0.4) is 0 Å². The number of amides is 1. The molecule has 1 amide bonds. The lowest BCUT2D eigenvalue weighted by atomic mass is 9.72. The van der Waals surface area contributed by atoms with E-state index in [0.717, 1.165) is 42.0 Å². The van der Waals surface area contributed by atoms with Crippen molar-refractivity contribution < 1.29 is 9.53 Å². The van der Waals surface area contributed by atoms with E-state index < -0.39 is 0 Å². The van der Waals surface area contributed by atoms with Crippen molar-refractivity contribution in [2.45, 2.75) is 53.4 Å². The number of nitriles is 1. The SMILES string of the molecule is CCCOc1ccc(C(=O)NC(=S)Nc2sc3c(c2C#N)CC[C@H](C(C)(C)C)C3)cc1. The Morgan fingerprint density at radius 1 is 1.32 bits per heavy atom. The summed E-state index contributed by atoms with van der Waals surface area (Å²) in [5.74, 6) is 1.02. The largest absolute Gasteiger partial charge is 0.494 e. The van der Waals surface area contributed by atoms with Crippen molar-refractivity contribution in [3.8, 4) is 11.8 Å². The predicted octanol–water partition coefficient (Wildman–Crippen LogP) is 5.69. The van der Waals surface area contributed by atoms with E-state index in [0.29, 0.717) is 23.7 Å². The second-order valence-electron chi connectivity index (χ2n) is 8.91. The molecule has 7 heteroatoms. The van der Waals surface area contributed by atoms with Gasteiger partial charge in [-0.25, -0.2) is 0 Å². The third kappa shape index (κ3) is 5.63. The Morgan fingerprint density at radius 2 is 2.03 bits per heavy atom. The van der Waals surface area contributed by atoms with Crippen LogP contribution in [0.1, 0.15) is 66.9 Å². The van der Waals surface area contributed by atoms with Crippen LogP contribution >= 0.6 is 23.6 Å². The normalized spacial score (nSPS) is 15.5. The average molecular weight is 456 g/mol. The minimum atomic E-state index is -0.299. The summed E-state index contributed by atoms with van der Waals surface area (Å²) < 4.78 is 5.54. The van der Waals surface area contributed by atoms with E-state index >= 15 is 0 Å². The molecule has 164 valence electrons. The van der Waals surface area contributed by atoms with Crippen LogP contribution < -0.4 is 15.4 Å². The summed E-state index contributed by atoms with van der Waals surface area (Å²) in [6.07, 6.45) is 3.89. The van der Waals surface area contributed by atoms with Gasteiger partial charge in [-0.1, -0.05) is 27.7 Å². The fourth-order valence-corrected chi connectivity index (χ4v) is 5.31. The van der Waals surface area contributed by atoms with Gasteiger partial charge in [0.2, 0.25) is 0 Å². The molecule has 3 rings (SSSR count). The Morgan fingerprint density at radius 3 is 2.65 bits per heavy atom. The Bertz CT molecular complexity index is 998. The van der Waals surface area contributed by atoms with Gasteiger partial charge in [0.1, 0.15) is 16.8 Å². The van der Waals surface area contributed by atoms with E-state index in [4.69, 9.17) is 17.0 Å². The molecule has 0 unspecified atom stereocenters. The zero-order valence-corrected chi connectivity index (χ0v) is 20.1. The summed E-state index contributed by atoms with van der Waals surface area (Å²) in [6.45, 7) is 9.50. The first-order valence-corrected chi connectivity index (χ1v) is 11.8. The predicted molar refractivity (Wildman–Crippen MR) is 130 cm³/mol. The second kappa shape index (κ2) is 9.80. The molecule has 0 spiro atoms. The van der Waals surface area contributed by atoms with Crippen LogP contribution in [0.15, 0.2) is 24.3 Å². The number of hydrogen-bond donors (Lipinski definition) is 2. The van der Waals surface area contributed by atoms with E-state index in [2.05, 4.69) is 37.5 Å². The fourth-order valence-electron chi connectivity index (χ4n) is 3.76. The third-order valence-electron chi connectivity index (χ3n) is 5.65. The molecule has 5 nitrogen and oxygen atoms in total. The van der Waals surface area contributed by atoms with Crippen molar-refractivity contribution in [1.29, 1.82) is 5.26 Å². The van der Waals surface area contributed by atoms with Crippen molar-refractivity contribution >= 4 is 39.6 Å². The molecular weight excluding hydrogens is 426 g/mol. The van der Waals surface area contributed by atoms with Gasteiger partial charge in [0.15, 0.2) is 5.11 Å². The summed E-state index contributed by atoms with van der Waals surface area (Å²) in [5.41, 5.74) is 2.52. The maximum Gasteiger partial charge on any atom is 0.257 e. The zero-order valence-electron chi connectivity index (χ0n) is 18.5. The van der Waals surface area contributed by atoms with Gasteiger partial charge in [0.25, 0.3) is 5.91 Å². The van der Waals surface area contributed by atoms with Crippen molar-refractivity contribution in [1.82, 2.24) is 5.32 Å². The fraction of sp³-hybridized carbons (Fsp3) is 0.458. The van der Waals surface area contributed by atoms with Gasteiger partial charge >= 0.3 is 0 Å². The molecule has 0 saturated carbocycles. The van der Waals surface area contributed by atoms with E-state index in [9.17, 15) is 10.1 Å². The summed E-state index contributed by atoms with van der Waals surface area (Å²) in [5, 5.41) is 16.4. The van der Waals surface area contributed by atoms with Gasteiger partial charge in [-0.05, 0) is 79.1 Å². The molecule has 2 N–H and O–H groups in total. The number of ether oxygens (including phenoxy) is 1. The van der Waals surface area contributed by atoms with Gasteiger partial charge in [0.05, 0.1) is 12.2 Å². The number of carbonyl (C=O) groups excluding carboxylic acids is 1. The number of anilines is 1. The highest BCUT2D eigenvalue weighted by atomic mass is 32.1. The zero-order chi connectivity index (χ0) is 22.6. The lowest BCUT2D eigenvalue weighted by Crippen LogP contribution is -2.34. The number of thiophene rings is 1.